The van der Waals surface area contributed by atoms with Gasteiger partial charge in [-0.25, -0.2) is 0 Å². The van der Waals surface area contributed by atoms with Gasteiger partial charge in [-0.2, -0.15) is 0 Å². The van der Waals surface area contributed by atoms with Crippen molar-refractivity contribution in [3.8, 4) is 0 Å². The molecule has 1 saturated heterocycles. The molecule has 160 valence electrons. The highest BCUT2D eigenvalue weighted by molar-refractivity contribution is 7.80. The molecule has 1 aromatic carbocycles. The van der Waals surface area contributed by atoms with Crippen LogP contribution in [0.25, 0.3) is 0 Å². The number of aryl methyl sites for hydroxylation is 1. The van der Waals surface area contributed by atoms with Gasteiger partial charge in [0.2, 0.25) is 5.91 Å². The third-order valence-corrected chi connectivity index (χ3v) is 5.63. The third kappa shape index (κ3) is 4.30. The molecular weight excluding hydrogens is 410 g/mol. The maximum atomic E-state index is 11.8. The summed E-state index contributed by atoms with van der Waals surface area (Å²) in [4.78, 5) is 18.5. The van der Waals surface area contributed by atoms with Crippen LogP contribution in [0, 0.1) is 0 Å². The molecule has 8 heteroatoms. The molecule has 2 N–H and O–H groups in total. The number of pyridine rings is 1. The van der Waals surface area contributed by atoms with Crippen LogP contribution in [-0.4, -0.2) is 34.3 Å². The van der Waals surface area contributed by atoms with E-state index in [2.05, 4.69) is 50.3 Å². The topological polar surface area (TPSA) is 71.4 Å². The summed E-state index contributed by atoms with van der Waals surface area (Å²) in [5.41, 5.74) is 3.74. The number of thiocarbonyl (C=S) groups is 1. The van der Waals surface area contributed by atoms with Gasteiger partial charge in [0.1, 0.15) is 12.6 Å². The van der Waals surface area contributed by atoms with Gasteiger partial charge in [-0.05, 0) is 67.7 Å². The molecule has 0 bridgehead atoms. The summed E-state index contributed by atoms with van der Waals surface area (Å²) in [5, 5.41) is 6.93. The number of nitrogens with one attached hydrogen (secondary N) is 2. The Morgan fingerprint density at radius 2 is 2.00 bits per heavy atom. The summed E-state index contributed by atoms with van der Waals surface area (Å²) in [6.45, 7) is 3.00. The van der Waals surface area contributed by atoms with Crippen LogP contribution >= 0.6 is 12.2 Å². The van der Waals surface area contributed by atoms with Crippen molar-refractivity contribution in [1.29, 1.82) is 0 Å². The fourth-order valence-corrected chi connectivity index (χ4v) is 4.30. The molecule has 0 radical (unpaired) electrons. The van der Waals surface area contributed by atoms with Crippen molar-refractivity contribution >= 4 is 34.6 Å². The van der Waals surface area contributed by atoms with E-state index in [0.717, 1.165) is 23.6 Å². The van der Waals surface area contributed by atoms with E-state index in [9.17, 15) is 4.79 Å². The van der Waals surface area contributed by atoms with Crippen LogP contribution in [0.3, 0.4) is 0 Å². The van der Waals surface area contributed by atoms with E-state index >= 15 is 0 Å². The van der Waals surface area contributed by atoms with Crippen molar-refractivity contribution in [3.63, 3.8) is 0 Å². The van der Waals surface area contributed by atoms with E-state index in [0.29, 0.717) is 10.8 Å². The summed E-state index contributed by atoms with van der Waals surface area (Å²) in [5.74, 6) is -0.192. The second-order valence-corrected chi connectivity index (χ2v) is 7.63. The van der Waals surface area contributed by atoms with Gasteiger partial charge in [-0.1, -0.05) is 6.07 Å². The highest BCUT2D eigenvalue weighted by Crippen LogP contribution is 2.41. The molecule has 2 atom stereocenters. The molecule has 0 saturated carbocycles. The molecule has 31 heavy (non-hydrogen) atoms. The van der Waals surface area contributed by atoms with Gasteiger partial charge in [0.05, 0.1) is 11.7 Å². The Kier molecular flexibility index (Phi) is 6.29. The number of hydrogen-bond acceptors (Lipinski definition) is 4. The van der Waals surface area contributed by atoms with Crippen molar-refractivity contribution in [1.82, 2.24) is 14.9 Å². The monoisotopic (exact) mass is 435 g/mol. The maximum absolute atomic E-state index is 11.8. The van der Waals surface area contributed by atoms with Crippen LogP contribution in [-0.2, 0) is 16.1 Å². The van der Waals surface area contributed by atoms with Crippen LogP contribution in [0.4, 0.5) is 11.4 Å². The van der Waals surface area contributed by atoms with E-state index < -0.39 is 0 Å². The molecule has 3 aromatic rings. The maximum Gasteiger partial charge on any atom is 0.250 e. The second-order valence-electron chi connectivity index (χ2n) is 7.24. The van der Waals surface area contributed by atoms with Crippen molar-refractivity contribution < 1.29 is 9.53 Å². The predicted molar refractivity (Wildman–Crippen MR) is 125 cm³/mol. The molecule has 2 aromatic heterocycles. The number of hydrogen-bond donors (Lipinski definition) is 2. The molecule has 1 fully saturated rings. The number of benzene rings is 1. The van der Waals surface area contributed by atoms with Gasteiger partial charge >= 0.3 is 0 Å². The zero-order chi connectivity index (χ0) is 21.8. The third-order valence-electron chi connectivity index (χ3n) is 5.31. The van der Waals surface area contributed by atoms with Gasteiger partial charge in [-0.3, -0.25) is 9.78 Å². The predicted octanol–water partition coefficient (Wildman–Crippen LogP) is 3.67. The van der Waals surface area contributed by atoms with Crippen LogP contribution in [0.1, 0.15) is 30.4 Å². The van der Waals surface area contributed by atoms with Crippen molar-refractivity contribution in [3.05, 3.63) is 78.4 Å². The molecule has 0 unspecified atom stereocenters. The Morgan fingerprint density at radius 3 is 2.68 bits per heavy atom. The minimum absolute atomic E-state index is 0.0176. The number of methoxy groups -OCH3 is 1. The number of nitrogens with zero attached hydrogens (tertiary/aromatic N) is 3. The van der Waals surface area contributed by atoms with Crippen molar-refractivity contribution in [2.75, 3.05) is 23.9 Å². The Morgan fingerprint density at radius 1 is 1.19 bits per heavy atom. The molecule has 1 aliphatic heterocycles. The second kappa shape index (κ2) is 9.28. The number of ether oxygens (including phenoxy) is 1. The van der Waals surface area contributed by atoms with Gasteiger partial charge in [0.25, 0.3) is 0 Å². The van der Waals surface area contributed by atoms with Crippen LogP contribution in [0.5, 0.6) is 0 Å². The van der Waals surface area contributed by atoms with Crippen molar-refractivity contribution in [2.24, 2.45) is 0 Å². The number of carbonyl (C=O) groups excluding carboxylic acids is 1. The lowest BCUT2D eigenvalue weighted by molar-refractivity contribution is -0.119. The molecule has 0 spiro atoms. The lowest BCUT2D eigenvalue weighted by Crippen LogP contribution is -2.30. The number of carbonyl (C=O) groups is 1. The molecule has 1 amide bonds. The van der Waals surface area contributed by atoms with Gasteiger partial charge in [-0.15, -0.1) is 0 Å². The first-order chi connectivity index (χ1) is 15.1. The van der Waals surface area contributed by atoms with E-state index in [1.165, 1.54) is 7.11 Å². The summed E-state index contributed by atoms with van der Waals surface area (Å²) in [6, 6.07) is 17.6. The summed E-state index contributed by atoms with van der Waals surface area (Å²) in [6.07, 6.45) is 3.88. The molecule has 1 aliphatic rings. The molecule has 0 aliphatic carbocycles. The number of rotatable bonds is 7. The van der Waals surface area contributed by atoms with Crippen LogP contribution < -0.4 is 15.5 Å². The van der Waals surface area contributed by atoms with Crippen molar-refractivity contribution in [2.45, 2.75) is 25.6 Å². The first kappa shape index (κ1) is 21.0. The lowest BCUT2D eigenvalue weighted by atomic mass is 10.0. The highest BCUT2D eigenvalue weighted by Gasteiger charge is 2.41. The largest absolute Gasteiger partial charge is 0.375 e. The average molecular weight is 436 g/mol. The zero-order valence-electron chi connectivity index (χ0n) is 17.5. The van der Waals surface area contributed by atoms with Gasteiger partial charge in [0.15, 0.2) is 5.11 Å². The van der Waals surface area contributed by atoms with Crippen LogP contribution in [0.15, 0.2) is 67.0 Å². The summed E-state index contributed by atoms with van der Waals surface area (Å²) in [7, 11) is 1.49. The fourth-order valence-electron chi connectivity index (χ4n) is 3.95. The fraction of sp³-hybridized carbons (Fsp3) is 0.261. The van der Waals surface area contributed by atoms with E-state index in [4.69, 9.17) is 17.0 Å². The Labute approximate surface area is 187 Å². The minimum Gasteiger partial charge on any atom is -0.375 e. The first-order valence-corrected chi connectivity index (χ1v) is 10.6. The highest BCUT2D eigenvalue weighted by atomic mass is 32.1. The smallest absolute Gasteiger partial charge is 0.250 e. The normalized spacial score (nSPS) is 18.1. The van der Waals surface area contributed by atoms with Crippen LogP contribution in [0.2, 0.25) is 0 Å². The Balaban J connectivity index is 1.69. The molecular formula is C23H25N5O2S. The first-order valence-electron chi connectivity index (χ1n) is 10.2. The molecule has 3 heterocycles. The number of aromatic nitrogens is 2. The lowest BCUT2D eigenvalue weighted by Gasteiger charge is -2.29. The summed E-state index contributed by atoms with van der Waals surface area (Å²) >= 11 is 5.76. The Bertz CT molecular complexity index is 1050. The standard InChI is InChI=1S/C23H25N5O2S/c1-3-27-14-6-8-19(27)22-21(18-7-4-5-13-24-18)26-23(31)28(22)17-11-9-16(10-12-17)25-20(29)15-30-2/h4-14,21-22H,3,15H2,1-2H3,(H,25,29)(H,26,31)/t21-,22-/m1/s1. The number of amides is 1. The molecule has 7 nitrogen and oxygen atoms in total. The summed E-state index contributed by atoms with van der Waals surface area (Å²) < 4.78 is 7.10. The van der Waals surface area contributed by atoms with E-state index in [1.54, 1.807) is 6.20 Å². The quantitative estimate of drug-likeness (QED) is 0.552. The van der Waals surface area contributed by atoms with E-state index in [1.807, 2.05) is 42.5 Å². The minimum atomic E-state index is -0.192. The van der Waals surface area contributed by atoms with Gasteiger partial charge in [0, 0.05) is 43.1 Å². The zero-order valence-corrected chi connectivity index (χ0v) is 18.3. The average Bonchev–Trinajstić information content (AvgIpc) is 3.39. The SMILES string of the molecule is CCn1cccc1[C@@H]1[C@@H](c2ccccn2)NC(=S)N1c1ccc(NC(=O)COC)cc1. The van der Waals surface area contributed by atoms with Gasteiger partial charge < -0.3 is 24.8 Å². The van der Waals surface area contributed by atoms with E-state index in [-0.39, 0.29) is 24.6 Å². The Hall–Kier alpha value is -3.23. The number of anilines is 2. The molecule has 4 rings (SSSR count).